The predicted octanol–water partition coefficient (Wildman–Crippen LogP) is 2.75. The molecular formula is C15H26F2N2O. The zero-order chi connectivity index (χ0) is 15.0. The van der Waals surface area contributed by atoms with Gasteiger partial charge in [-0.2, -0.15) is 0 Å². The molecule has 0 aromatic heterocycles. The van der Waals surface area contributed by atoms with E-state index in [1.54, 1.807) is 0 Å². The summed E-state index contributed by atoms with van der Waals surface area (Å²) in [7, 11) is 0. The van der Waals surface area contributed by atoms with Crippen molar-refractivity contribution in [3.05, 3.63) is 0 Å². The lowest BCUT2D eigenvalue weighted by atomic mass is 9.92. The van der Waals surface area contributed by atoms with E-state index >= 15 is 0 Å². The number of piperidine rings is 2. The molecule has 0 aromatic rings. The molecule has 2 heterocycles. The second-order valence-electron chi connectivity index (χ2n) is 7.17. The van der Waals surface area contributed by atoms with Gasteiger partial charge in [-0.3, -0.25) is 9.69 Å². The van der Waals surface area contributed by atoms with Crippen molar-refractivity contribution in [3.8, 4) is 0 Å². The topological polar surface area (TPSA) is 23.6 Å². The van der Waals surface area contributed by atoms with Gasteiger partial charge in [0.15, 0.2) is 0 Å². The number of hydrogen-bond acceptors (Lipinski definition) is 2. The highest BCUT2D eigenvalue weighted by atomic mass is 19.3. The van der Waals surface area contributed by atoms with Gasteiger partial charge in [0, 0.05) is 50.5 Å². The Balaban J connectivity index is 1.82. The summed E-state index contributed by atoms with van der Waals surface area (Å²) in [4.78, 5) is 16.3. The molecule has 0 radical (unpaired) electrons. The summed E-state index contributed by atoms with van der Waals surface area (Å²) >= 11 is 0. The summed E-state index contributed by atoms with van der Waals surface area (Å²) in [6.45, 7) is 8.31. The molecule has 0 N–H and O–H groups in total. The number of carbonyl (C=O) groups excluding carboxylic acids is 1. The van der Waals surface area contributed by atoms with Crippen molar-refractivity contribution in [2.24, 2.45) is 5.41 Å². The Hall–Kier alpha value is -0.710. The molecule has 0 spiro atoms. The Bertz CT molecular complexity index is 347. The molecule has 5 heteroatoms. The van der Waals surface area contributed by atoms with Gasteiger partial charge >= 0.3 is 0 Å². The Kier molecular flexibility index (Phi) is 4.38. The molecule has 0 aliphatic carbocycles. The van der Waals surface area contributed by atoms with E-state index in [2.05, 4.69) is 4.90 Å². The van der Waals surface area contributed by atoms with Crippen LogP contribution in [0, 0.1) is 5.41 Å². The minimum absolute atomic E-state index is 0.0197. The van der Waals surface area contributed by atoms with E-state index in [-0.39, 0.29) is 24.2 Å². The van der Waals surface area contributed by atoms with Crippen molar-refractivity contribution >= 4 is 5.91 Å². The molecule has 20 heavy (non-hydrogen) atoms. The second kappa shape index (κ2) is 5.58. The van der Waals surface area contributed by atoms with E-state index in [0.29, 0.717) is 19.1 Å². The van der Waals surface area contributed by atoms with Crippen LogP contribution in [-0.4, -0.2) is 53.9 Å². The molecular weight excluding hydrogens is 262 g/mol. The smallest absolute Gasteiger partial charge is 0.250 e. The fourth-order valence-electron chi connectivity index (χ4n) is 3.12. The zero-order valence-corrected chi connectivity index (χ0v) is 12.8. The van der Waals surface area contributed by atoms with E-state index in [1.165, 1.54) is 0 Å². The number of alkyl halides is 2. The first kappa shape index (κ1) is 15.7. The van der Waals surface area contributed by atoms with Crippen LogP contribution in [0.4, 0.5) is 8.78 Å². The monoisotopic (exact) mass is 288 g/mol. The number of hydrogen-bond donors (Lipinski definition) is 0. The Morgan fingerprint density at radius 3 is 2.00 bits per heavy atom. The van der Waals surface area contributed by atoms with Crippen LogP contribution in [0.1, 0.15) is 46.5 Å². The van der Waals surface area contributed by atoms with Crippen LogP contribution in [0.3, 0.4) is 0 Å². The van der Waals surface area contributed by atoms with Crippen molar-refractivity contribution in [1.82, 2.24) is 9.80 Å². The van der Waals surface area contributed by atoms with Gasteiger partial charge in [0.25, 0.3) is 5.92 Å². The van der Waals surface area contributed by atoms with E-state index in [4.69, 9.17) is 0 Å². The number of amides is 1. The standard InChI is InChI=1S/C15H26F2N2O/c1-14(2,3)13(20)19-8-4-12(5-9-19)18-10-6-15(16,17)7-11-18/h12H,4-11H2,1-3H3. The molecule has 2 fully saturated rings. The summed E-state index contributed by atoms with van der Waals surface area (Å²) in [6, 6.07) is 0.370. The quantitative estimate of drug-likeness (QED) is 0.741. The van der Waals surface area contributed by atoms with Gasteiger partial charge in [0.1, 0.15) is 0 Å². The summed E-state index contributed by atoms with van der Waals surface area (Å²) in [5, 5.41) is 0. The average Bonchev–Trinajstić information content (AvgIpc) is 2.37. The highest BCUT2D eigenvalue weighted by Crippen LogP contribution is 2.31. The molecule has 116 valence electrons. The van der Waals surface area contributed by atoms with Gasteiger partial charge in [0.05, 0.1) is 0 Å². The first-order valence-corrected chi connectivity index (χ1v) is 7.60. The van der Waals surface area contributed by atoms with Crippen molar-refractivity contribution in [2.75, 3.05) is 26.2 Å². The molecule has 2 rings (SSSR count). The number of halogens is 2. The third kappa shape index (κ3) is 3.68. The Morgan fingerprint density at radius 1 is 1.05 bits per heavy atom. The molecule has 3 nitrogen and oxygen atoms in total. The van der Waals surface area contributed by atoms with Crippen LogP contribution < -0.4 is 0 Å². The van der Waals surface area contributed by atoms with Crippen LogP contribution in [-0.2, 0) is 4.79 Å². The molecule has 2 aliphatic rings. The zero-order valence-electron chi connectivity index (χ0n) is 12.8. The lowest BCUT2D eigenvalue weighted by Gasteiger charge is -2.42. The van der Waals surface area contributed by atoms with Gasteiger partial charge in [0.2, 0.25) is 5.91 Å². The van der Waals surface area contributed by atoms with Crippen molar-refractivity contribution in [3.63, 3.8) is 0 Å². The van der Waals surface area contributed by atoms with E-state index in [1.807, 2.05) is 25.7 Å². The number of nitrogens with zero attached hydrogens (tertiary/aromatic N) is 2. The van der Waals surface area contributed by atoms with E-state index < -0.39 is 5.92 Å². The minimum Gasteiger partial charge on any atom is -0.342 e. The summed E-state index contributed by atoms with van der Waals surface area (Å²) in [5.41, 5.74) is -0.333. The number of rotatable bonds is 1. The Morgan fingerprint density at radius 2 is 1.55 bits per heavy atom. The molecule has 0 saturated carbocycles. The largest absolute Gasteiger partial charge is 0.342 e. The van der Waals surface area contributed by atoms with Crippen LogP contribution in [0.2, 0.25) is 0 Å². The van der Waals surface area contributed by atoms with Crippen LogP contribution in [0.5, 0.6) is 0 Å². The number of carbonyl (C=O) groups is 1. The second-order valence-corrected chi connectivity index (χ2v) is 7.17. The molecule has 1 amide bonds. The molecule has 0 unspecified atom stereocenters. The van der Waals surface area contributed by atoms with Crippen LogP contribution >= 0.6 is 0 Å². The van der Waals surface area contributed by atoms with Gasteiger partial charge in [-0.25, -0.2) is 8.78 Å². The van der Waals surface area contributed by atoms with Gasteiger partial charge in [-0.15, -0.1) is 0 Å². The van der Waals surface area contributed by atoms with Crippen LogP contribution in [0.15, 0.2) is 0 Å². The summed E-state index contributed by atoms with van der Waals surface area (Å²) < 4.78 is 26.3. The van der Waals surface area contributed by atoms with E-state index in [0.717, 1.165) is 25.9 Å². The lowest BCUT2D eigenvalue weighted by Crippen LogP contribution is -2.52. The molecule has 0 aromatic carbocycles. The summed E-state index contributed by atoms with van der Waals surface area (Å²) in [5.74, 6) is -2.28. The van der Waals surface area contributed by atoms with Crippen molar-refractivity contribution < 1.29 is 13.6 Å². The Labute approximate surface area is 120 Å². The molecule has 0 atom stereocenters. The average molecular weight is 288 g/mol. The maximum atomic E-state index is 13.2. The van der Waals surface area contributed by atoms with Gasteiger partial charge in [-0.1, -0.05) is 20.8 Å². The fourth-order valence-corrected chi connectivity index (χ4v) is 3.12. The molecule has 0 bridgehead atoms. The third-order valence-corrected chi connectivity index (χ3v) is 4.44. The highest BCUT2D eigenvalue weighted by Gasteiger charge is 2.38. The highest BCUT2D eigenvalue weighted by molar-refractivity contribution is 5.81. The van der Waals surface area contributed by atoms with Crippen LogP contribution in [0.25, 0.3) is 0 Å². The summed E-state index contributed by atoms with van der Waals surface area (Å²) in [6.07, 6.45) is 1.78. The number of likely N-dealkylation sites (tertiary alicyclic amines) is 2. The SMILES string of the molecule is CC(C)(C)C(=O)N1CCC(N2CCC(F)(F)CC2)CC1. The molecule has 2 aliphatic heterocycles. The minimum atomic E-state index is -2.47. The lowest BCUT2D eigenvalue weighted by molar-refractivity contribution is -0.141. The first-order chi connectivity index (χ1) is 9.19. The van der Waals surface area contributed by atoms with Gasteiger partial charge < -0.3 is 4.90 Å². The maximum absolute atomic E-state index is 13.2. The normalized spacial score (nSPS) is 25.8. The third-order valence-electron chi connectivity index (χ3n) is 4.44. The van der Waals surface area contributed by atoms with Crippen molar-refractivity contribution in [2.45, 2.75) is 58.4 Å². The predicted molar refractivity (Wildman–Crippen MR) is 74.8 cm³/mol. The van der Waals surface area contributed by atoms with Gasteiger partial charge in [-0.05, 0) is 12.8 Å². The fraction of sp³-hybridized carbons (Fsp3) is 0.933. The molecule has 2 saturated heterocycles. The first-order valence-electron chi connectivity index (χ1n) is 7.60. The maximum Gasteiger partial charge on any atom is 0.250 e. The van der Waals surface area contributed by atoms with E-state index in [9.17, 15) is 13.6 Å². The van der Waals surface area contributed by atoms with Crippen molar-refractivity contribution in [1.29, 1.82) is 0 Å².